The maximum atomic E-state index is 9.63. The van der Waals surface area contributed by atoms with Gasteiger partial charge in [-0.1, -0.05) is 0 Å². The highest BCUT2D eigenvalue weighted by atomic mass is 16.6. The van der Waals surface area contributed by atoms with Gasteiger partial charge in [-0.3, -0.25) is 0 Å². The normalized spacial score (nSPS) is 39.0. The number of likely N-dealkylation sites (N-methyl/N-ethyl adjacent to an activating group) is 1. The highest BCUT2D eigenvalue weighted by molar-refractivity contribution is 4.90. The minimum absolute atomic E-state index is 0.258. The Morgan fingerprint density at radius 1 is 1.07 bits per heavy atom. The summed E-state index contributed by atoms with van der Waals surface area (Å²) < 4.78 is 5.99. The molecule has 0 aromatic carbocycles. The van der Waals surface area contributed by atoms with Crippen LogP contribution in [0, 0.1) is 0 Å². The van der Waals surface area contributed by atoms with E-state index in [9.17, 15) is 10.2 Å². The van der Waals surface area contributed by atoms with Crippen LogP contribution >= 0.6 is 0 Å². The molecule has 5 nitrogen and oxygen atoms in total. The van der Waals surface area contributed by atoms with Gasteiger partial charge in [0.15, 0.2) is 0 Å². The van der Waals surface area contributed by atoms with E-state index in [0.717, 1.165) is 0 Å². The Morgan fingerprint density at radius 3 is 1.93 bits per heavy atom. The predicted molar refractivity (Wildman–Crippen MR) is 50.7 cm³/mol. The summed E-state index contributed by atoms with van der Waals surface area (Å²) in [5.41, 5.74) is 0. The lowest BCUT2D eigenvalue weighted by Crippen LogP contribution is -2.46. The number of rotatable bonds is 3. The maximum Gasteiger partial charge on any atom is 0.135 e. The molecular weight excluding hydrogens is 186 g/mol. The van der Waals surface area contributed by atoms with Crippen molar-refractivity contribution in [1.29, 1.82) is 0 Å². The molecule has 14 heavy (non-hydrogen) atoms. The Hall–Kier alpha value is -0.200. The van der Waals surface area contributed by atoms with Gasteiger partial charge in [-0.15, -0.1) is 0 Å². The van der Waals surface area contributed by atoms with Crippen LogP contribution < -0.4 is 0 Å². The van der Waals surface area contributed by atoms with Gasteiger partial charge in [0.1, 0.15) is 31.0 Å². The average molecular weight is 206 g/mol. The second-order valence-electron chi connectivity index (χ2n) is 4.85. The van der Waals surface area contributed by atoms with Crippen molar-refractivity contribution in [1.82, 2.24) is 0 Å². The van der Waals surface area contributed by atoms with Crippen molar-refractivity contribution in [3.63, 3.8) is 0 Å². The second-order valence-corrected chi connectivity index (χ2v) is 4.85. The van der Waals surface area contributed by atoms with Crippen molar-refractivity contribution in [2.45, 2.75) is 24.4 Å². The molecule has 0 aromatic heterocycles. The zero-order valence-corrected chi connectivity index (χ0v) is 8.92. The van der Waals surface area contributed by atoms with Crippen LogP contribution in [0.3, 0.4) is 0 Å². The molecule has 1 rings (SSSR count). The third-order valence-electron chi connectivity index (χ3n) is 2.37. The minimum Gasteiger partial charge on any atom is -0.394 e. The first-order chi connectivity index (χ1) is 6.35. The SMILES string of the molecule is C[N+](C)(C)C[C@@H]1O[C@H](CO)[C@@H](O)[C@H]1O. The summed E-state index contributed by atoms with van der Waals surface area (Å²) in [4.78, 5) is 0. The van der Waals surface area contributed by atoms with E-state index in [2.05, 4.69) is 0 Å². The monoisotopic (exact) mass is 206 g/mol. The molecule has 5 heteroatoms. The minimum atomic E-state index is -0.975. The number of quaternary nitrogens is 1. The third-order valence-corrected chi connectivity index (χ3v) is 2.37. The first kappa shape index (κ1) is 11.9. The van der Waals surface area contributed by atoms with Gasteiger partial charge in [0, 0.05) is 0 Å². The van der Waals surface area contributed by atoms with Crippen LogP contribution in [0.5, 0.6) is 0 Å². The summed E-state index contributed by atoms with van der Waals surface area (Å²) >= 11 is 0. The zero-order valence-electron chi connectivity index (χ0n) is 8.92. The van der Waals surface area contributed by atoms with Gasteiger partial charge in [-0.25, -0.2) is 0 Å². The van der Waals surface area contributed by atoms with Crippen LogP contribution in [0.4, 0.5) is 0 Å². The molecular formula is C9H20NO4+. The summed E-state index contributed by atoms with van der Waals surface area (Å²) in [7, 11) is 5.94. The molecule has 1 aliphatic rings. The van der Waals surface area contributed by atoms with E-state index in [0.29, 0.717) is 11.0 Å². The third kappa shape index (κ3) is 2.65. The summed E-state index contributed by atoms with van der Waals surface area (Å²) in [5, 5.41) is 28.0. The summed E-state index contributed by atoms with van der Waals surface area (Å²) in [5.74, 6) is 0. The molecule has 0 spiro atoms. The molecule has 4 atom stereocenters. The number of ether oxygens (including phenoxy) is 1. The smallest absolute Gasteiger partial charge is 0.135 e. The Balaban J connectivity index is 2.57. The lowest BCUT2D eigenvalue weighted by atomic mass is 10.1. The molecule has 0 saturated carbocycles. The fourth-order valence-corrected chi connectivity index (χ4v) is 1.67. The lowest BCUT2D eigenvalue weighted by Gasteiger charge is -2.28. The van der Waals surface area contributed by atoms with Crippen LogP contribution in [0.1, 0.15) is 0 Å². The van der Waals surface area contributed by atoms with Crippen molar-refractivity contribution in [2.24, 2.45) is 0 Å². The molecule has 3 N–H and O–H groups in total. The molecule has 1 heterocycles. The standard InChI is InChI=1S/C9H20NO4/c1-10(2,3)4-6-8(12)9(13)7(5-11)14-6/h6-9,11-13H,4-5H2,1-3H3/q+1/t6-,7+,8-,9+/m0/s1. The predicted octanol–water partition coefficient (Wildman–Crippen LogP) is -1.83. The molecule has 0 bridgehead atoms. The van der Waals surface area contributed by atoms with E-state index in [1.54, 1.807) is 0 Å². The summed E-state index contributed by atoms with van der Waals surface area (Å²) in [6.07, 6.45) is -2.93. The van der Waals surface area contributed by atoms with Crippen LogP contribution in [-0.4, -0.2) is 78.5 Å². The number of aliphatic hydroxyl groups excluding tert-OH is 3. The van der Waals surface area contributed by atoms with Crippen LogP contribution in [0.15, 0.2) is 0 Å². The molecule has 0 aliphatic carbocycles. The lowest BCUT2D eigenvalue weighted by molar-refractivity contribution is -0.873. The first-order valence-corrected chi connectivity index (χ1v) is 4.78. The van der Waals surface area contributed by atoms with E-state index in [-0.39, 0.29) is 6.61 Å². The number of hydrogen-bond acceptors (Lipinski definition) is 4. The molecule has 1 aliphatic heterocycles. The molecule has 0 unspecified atom stereocenters. The largest absolute Gasteiger partial charge is 0.394 e. The fraction of sp³-hybridized carbons (Fsp3) is 1.00. The quantitative estimate of drug-likeness (QED) is 0.475. The zero-order chi connectivity index (χ0) is 10.9. The second kappa shape index (κ2) is 4.12. The van der Waals surface area contributed by atoms with Gasteiger partial charge in [0.25, 0.3) is 0 Å². The number of nitrogens with zero attached hydrogens (tertiary/aromatic N) is 1. The van der Waals surface area contributed by atoms with Crippen molar-refractivity contribution in [2.75, 3.05) is 34.3 Å². The highest BCUT2D eigenvalue weighted by Crippen LogP contribution is 2.22. The van der Waals surface area contributed by atoms with Crippen molar-refractivity contribution in [3.05, 3.63) is 0 Å². The molecule has 84 valence electrons. The first-order valence-electron chi connectivity index (χ1n) is 4.78. The Morgan fingerprint density at radius 2 is 1.57 bits per heavy atom. The van der Waals surface area contributed by atoms with Gasteiger partial charge in [0.2, 0.25) is 0 Å². The number of hydrogen-bond donors (Lipinski definition) is 3. The topological polar surface area (TPSA) is 69.9 Å². The van der Waals surface area contributed by atoms with Gasteiger partial charge in [0.05, 0.1) is 27.7 Å². The van der Waals surface area contributed by atoms with Gasteiger partial charge >= 0.3 is 0 Å². The van der Waals surface area contributed by atoms with E-state index < -0.39 is 24.4 Å². The van der Waals surface area contributed by atoms with Crippen LogP contribution in [0.2, 0.25) is 0 Å². The Labute approximate surface area is 84.1 Å². The van der Waals surface area contributed by atoms with E-state index >= 15 is 0 Å². The average Bonchev–Trinajstić information content (AvgIpc) is 2.30. The molecule has 0 radical (unpaired) electrons. The van der Waals surface area contributed by atoms with Crippen molar-refractivity contribution in [3.8, 4) is 0 Å². The molecule has 0 amide bonds. The van der Waals surface area contributed by atoms with E-state index in [4.69, 9.17) is 9.84 Å². The Kier molecular flexibility index (Phi) is 3.49. The molecule has 1 saturated heterocycles. The summed E-state index contributed by atoms with van der Waals surface area (Å²) in [6.45, 7) is 0.348. The Bertz CT molecular complexity index is 192. The number of aliphatic hydroxyl groups is 3. The van der Waals surface area contributed by atoms with Gasteiger partial charge in [-0.2, -0.15) is 0 Å². The van der Waals surface area contributed by atoms with Gasteiger partial charge < -0.3 is 24.5 Å². The molecule has 0 aromatic rings. The van der Waals surface area contributed by atoms with Crippen LogP contribution in [-0.2, 0) is 4.74 Å². The van der Waals surface area contributed by atoms with Crippen LogP contribution in [0.25, 0.3) is 0 Å². The molecule has 1 fully saturated rings. The summed E-state index contributed by atoms with van der Waals surface area (Å²) in [6, 6.07) is 0. The maximum absolute atomic E-state index is 9.63. The van der Waals surface area contributed by atoms with E-state index in [1.165, 1.54) is 0 Å². The fourth-order valence-electron chi connectivity index (χ4n) is 1.67. The highest BCUT2D eigenvalue weighted by Gasteiger charge is 2.44. The van der Waals surface area contributed by atoms with Gasteiger partial charge in [-0.05, 0) is 0 Å². The van der Waals surface area contributed by atoms with Crippen molar-refractivity contribution >= 4 is 0 Å². The van der Waals surface area contributed by atoms with Crippen molar-refractivity contribution < 1.29 is 24.5 Å². The van der Waals surface area contributed by atoms with E-state index in [1.807, 2.05) is 21.1 Å².